The van der Waals surface area contributed by atoms with Gasteiger partial charge in [0.15, 0.2) is 0 Å². The van der Waals surface area contributed by atoms with E-state index in [1.54, 1.807) is 0 Å². The lowest BCUT2D eigenvalue weighted by Crippen LogP contribution is -2.53. The van der Waals surface area contributed by atoms with Crippen LogP contribution in [0.1, 0.15) is 18.9 Å². The molecule has 3 heterocycles. The fraction of sp³-hybridized carbons (Fsp3) is 0.632. The third kappa shape index (κ3) is 3.85. The van der Waals surface area contributed by atoms with Gasteiger partial charge >= 0.3 is 0 Å². The van der Waals surface area contributed by atoms with Gasteiger partial charge in [-0.1, -0.05) is 18.2 Å². The van der Waals surface area contributed by atoms with E-state index in [4.69, 9.17) is 0 Å². The lowest BCUT2D eigenvalue weighted by molar-refractivity contribution is -0.120. The number of amides is 1. The zero-order chi connectivity index (χ0) is 16.5. The number of nitrogens with one attached hydrogen (secondary N) is 1. The van der Waals surface area contributed by atoms with Crippen LogP contribution in [0, 0.1) is 0 Å². The topological polar surface area (TPSA) is 38.8 Å². The van der Waals surface area contributed by atoms with E-state index in [1.165, 1.54) is 12.0 Å². The van der Waals surface area contributed by atoms with Crippen LogP contribution in [0.3, 0.4) is 0 Å². The number of carbonyl (C=O) groups excluding carboxylic acids is 1. The van der Waals surface area contributed by atoms with E-state index < -0.39 is 0 Å². The van der Waals surface area contributed by atoms with Gasteiger partial charge in [0.2, 0.25) is 5.91 Å². The highest BCUT2D eigenvalue weighted by Gasteiger charge is 2.32. The Morgan fingerprint density at radius 2 is 1.96 bits per heavy atom. The lowest BCUT2D eigenvalue weighted by atomic mass is 10.1. The Hall–Kier alpha value is -1.14. The molecule has 0 aliphatic carbocycles. The summed E-state index contributed by atoms with van der Waals surface area (Å²) in [6.45, 7) is 9.17. The largest absolute Gasteiger partial charge is 0.315 e. The summed E-state index contributed by atoms with van der Waals surface area (Å²) in [4.78, 5) is 19.8. The minimum Gasteiger partial charge on any atom is -0.315 e. The van der Waals surface area contributed by atoms with Crippen LogP contribution in [0.4, 0.5) is 5.69 Å². The molecule has 2 unspecified atom stereocenters. The molecule has 6 heteroatoms. The van der Waals surface area contributed by atoms with Crippen molar-refractivity contribution in [3.05, 3.63) is 29.8 Å². The molecule has 0 aromatic heterocycles. The molecule has 3 aliphatic heterocycles. The number of halogens is 1. The third-order valence-electron chi connectivity index (χ3n) is 5.79. The van der Waals surface area contributed by atoms with Crippen molar-refractivity contribution in [3.63, 3.8) is 0 Å². The SMILES string of the molecule is CC1Cc2ccccc2N1C(=O)CN1CCN(C2CCNC2)CC1.Cl. The van der Waals surface area contributed by atoms with Gasteiger partial charge in [-0.2, -0.15) is 0 Å². The van der Waals surface area contributed by atoms with Crippen LogP contribution in [0.5, 0.6) is 0 Å². The molecule has 0 bridgehead atoms. The molecule has 4 rings (SSSR count). The van der Waals surface area contributed by atoms with E-state index >= 15 is 0 Å². The summed E-state index contributed by atoms with van der Waals surface area (Å²) in [5.74, 6) is 0.253. The predicted molar refractivity (Wildman–Crippen MR) is 104 cm³/mol. The molecule has 1 aromatic rings. The second-order valence-electron chi connectivity index (χ2n) is 7.40. The van der Waals surface area contributed by atoms with Crippen molar-refractivity contribution in [2.45, 2.75) is 31.8 Å². The average molecular weight is 365 g/mol. The number of hydrogen-bond acceptors (Lipinski definition) is 4. The zero-order valence-corrected chi connectivity index (χ0v) is 15.8. The number of hydrogen-bond donors (Lipinski definition) is 1. The molecule has 1 amide bonds. The lowest BCUT2D eigenvalue weighted by Gasteiger charge is -2.38. The smallest absolute Gasteiger partial charge is 0.241 e. The Morgan fingerprint density at radius 1 is 1.20 bits per heavy atom. The molecule has 25 heavy (non-hydrogen) atoms. The molecule has 2 saturated heterocycles. The van der Waals surface area contributed by atoms with Crippen molar-refractivity contribution in [1.82, 2.24) is 15.1 Å². The minimum atomic E-state index is 0. The van der Waals surface area contributed by atoms with Gasteiger partial charge in [-0.3, -0.25) is 14.6 Å². The first kappa shape index (κ1) is 18.6. The van der Waals surface area contributed by atoms with Crippen LogP contribution < -0.4 is 10.2 Å². The Balaban J connectivity index is 0.00000182. The van der Waals surface area contributed by atoms with Crippen molar-refractivity contribution in [3.8, 4) is 0 Å². The maximum atomic E-state index is 12.9. The summed E-state index contributed by atoms with van der Waals surface area (Å²) in [6, 6.07) is 9.31. The fourth-order valence-electron chi connectivity index (χ4n) is 4.45. The van der Waals surface area contributed by atoms with Crippen molar-refractivity contribution >= 4 is 24.0 Å². The highest BCUT2D eigenvalue weighted by Crippen LogP contribution is 2.31. The number of nitrogens with zero attached hydrogens (tertiary/aromatic N) is 3. The quantitative estimate of drug-likeness (QED) is 0.879. The van der Waals surface area contributed by atoms with Gasteiger partial charge in [-0.25, -0.2) is 0 Å². The number of fused-ring (bicyclic) bond motifs is 1. The first-order valence-electron chi connectivity index (χ1n) is 9.29. The normalized spacial score (nSPS) is 27.2. The van der Waals surface area contributed by atoms with Gasteiger partial charge in [0, 0.05) is 50.5 Å². The Morgan fingerprint density at radius 3 is 2.68 bits per heavy atom. The number of carbonyl (C=O) groups is 1. The highest BCUT2D eigenvalue weighted by atomic mass is 35.5. The van der Waals surface area contributed by atoms with Crippen LogP contribution in [-0.2, 0) is 11.2 Å². The summed E-state index contributed by atoms with van der Waals surface area (Å²) < 4.78 is 0. The average Bonchev–Trinajstić information content (AvgIpc) is 3.22. The summed E-state index contributed by atoms with van der Waals surface area (Å²) in [6.07, 6.45) is 2.24. The van der Waals surface area contributed by atoms with Gasteiger partial charge < -0.3 is 10.2 Å². The fourth-order valence-corrected chi connectivity index (χ4v) is 4.45. The van der Waals surface area contributed by atoms with Crippen LogP contribution in [0.2, 0.25) is 0 Å². The second-order valence-corrected chi connectivity index (χ2v) is 7.40. The summed E-state index contributed by atoms with van der Waals surface area (Å²) >= 11 is 0. The first-order valence-corrected chi connectivity index (χ1v) is 9.29. The van der Waals surface area contributed by atoms with Crippen LogP contribution in [-0.4, -0.2) is 73.6 Å². The van der Waals surface area contributed by atoms with Gasteiger partial charge in [0.05, 0.1) is 6.54 Å². The molecule has 138 valence electrons. The van der Waals surface area contributed by atoms with Gasteiger partial charge in [0.25, 0.3) is 0 Å². The molecule has 2 atom stereocenters. The summed E-state index contributed by atoms with van der Waals surface area (Å²) in [7, 11) is 0. The standard InChI is InChI=1S/C19H28N4O.ClH/c1-15-12-16-4-2-3-5-18(16)23(15)19(24)14-21-8-10-22(11-9-21)17-6-7-20-13-17;/h2-5,15,17,20H,6-14H2,1H3;1H. The molecular weight excluding hydrogens is 336 g/mol. The van der Waals surface area contributed by atoms with E-state index in [1.807, 2.05) is 11.0 Å². The predicted octanol–water partition coefficient (Wildman–Crippen LogP) is 1.37. The molecule has 1 N–H and O–H groups in total. The van der Waals surface area contributed by atoms with Crippen molar-refractivity contribution in [2.75, 3.05) is 50.7 Å². The maximum Gasteiger partial charge on any atom is 0.241 e. The summed E-state index contributed by atoms with van der Waals surface area (Å²) in [5, 5.41) is 3.45. The Labute approximate surface area is 156 Å². The number of piperazine rings is 1. The van der Waals surface area contributed by atoms with Gasteiger partial charge in [-0.05, 0) is 37.9 Å². The van der Waals surface area contributed by atoms with Crippen LogP contribution in [0.15, 0.2) is 24.3 Å². The van der Waals surface area contributed by atoms with E-state index in [9.17, 15) is 4.79 Å². The van der Waals surface area contributed by atoms with Crippen molar-refractivity contribution < 1.29 is 4.79 Å². The van der Waals surface area contributed by atoms with E-state index in [-0.39, 0.29) is 24.4 Å². The van der Waals surface area contributed by atoms with Gasteiger partial charge in [-0.15, -0.1) is 12.4 Å². The van der Waals surface area contributed by atoms with E-state index in [2.05, 4.69) is 40.2 Å². The molecule has 0 saturated carbocycles. The molecule has 0 radical (unpaired) electrons. The highest BCUT2D eigenvalue weighted by molar-refractivity contribution is 5.97. The minimum absolute atomic E-state index is 0. The number of para-hydroxylation sites is 1. The number of anilines is 1. The zero-order valence-electron chi connectivity index (χ0n) is 15.0. The molecule has 5 nitrogen and oxygen atoms in total. The Bertz CT molecular complexity index is 597. The molecule has 3 aliphatic rings. The van der Waals surface area contributed by atoms with Crippen LogP contribution >= 0.6 is 12.4 Å². The van der Waals surface area contributed by atoms with E-state index in [0.717, 1.165) is 51.4 Å². The Kier molecular flexibility index (Phi) is 6.00. The summed E-state index contributed by atoms with van der Waals surface area (Å²) in [5.41, 5.74) is 2.42. The number of rotatable bonds is 3. The third-order valence-corrected chi connectivity index (χ3v) is 5.79. The van der Waals surface area contributed by atoms with Crippen molar-refractivity contribution in [1.29, 1.82) is 0 Å². The van der Waals surface area contributed by atoms with E-state index in [0.29, 0.717) is 12.6 Å². The second kappa shape index (κ2) is 8.04. The van der Waals surface area contributed by atoms with Crippen LogP contribution in [0.25, 0.3) is 0 Å². The molecule has 1 aromatic carbocycles. The number of benzene rings is 1. The first-order chi connectivity index (χ1) is 11.7. The molecular formula is C19H29ClN4O. The molecule has 2 fully saturated rings. The monoisotopic (exact) mass is 364 g/mol. The molecule has 0 spiro atoms. The maximum absolute atomic E-state index is 12.9. The van der Waals surface area contributed by atoms with Crippen molar-refractivity contribution in [2.24, 2.45) is 0 Å². The van der Waals surface area contributed by atoms with Gasteiger partial charge in [0.1, 0.15) is 0 Å².